The summed E-state index contributed by atoms with van der Waals surface area (Å²) in [4.78, 5) is 0. The van der Waals surface area contributed by atoms with Crippen molar-refractivity contribution in [3.05, 3.63) is 50.4 Å². The zero-order chi connectivity index (χ0) is 11.2. The largest absolute Gasteiger partial charge is 0.498 e. The standard InChI is InChI=1S/C12H18O3/c1-3-5-7-13-9-11-15-12-10-14-8-6-4-2/h3-4,9-12H,1-2,5-8H2/b11-9+,12-10+. The minimum atomic E-state index is 0.614. The predicted molar refractivity (Wildman–Crippen MR) is 60.9 cm³/mol. The van der Waals surface area contributed by atoms with E-state index in [1.165, 1.54) is 25.0 Å². The highest BCUT2D eigenvalue weighted by atomic mass is 16.5. The molecule has 0 radical (unpaired) electrons. The Hall–Kier alpha value is -1.64. The Labute approximate surface area is 91.3 Å². The summed E-state index contributed by atoms with van der Waals surface area (Å²) in [5.74, 6) is 0. The normalized spacial score (nSPS) is 10.4. The first-order valence-electron chi connectivity index (χ1n) is 4.82. The maximum atomic E-state index is 5.05. The van der Waals surface area contributed by atoms with Gasteiger partial charge >= 0.3 is 0 Å². The third kappa shape index (κ3) is 12.4. The van der Waals surface area contributed by atoms with E-state index >= 15 is 0 Å². The molecule has 15 heavy (non-hydrogen) atoms. The van der Waals surface area contributed by atoms with Crippen molar-refractivity contribution in [3.63, 3.8) is 0 Å². The second-order valence-electron chi connectivity index (χ2n) is 2.58. The van der Waals surface area contributed by atoms with E-state index < -0.39 is 0 Å². The molecule has 0 aromatic heterocycles. The molecule has 0 fully saturated rings. The molecule has 0 bridgehead atoms. The quantitative estimate of drug-likeness (QED) is 0.315. The molecular formula is C12H18O3. The van der Waals surface area contributed by atoms with Gasteiger partial charge in [-0.3, -0.25) is 0 Å². The van der Waals surface area contributed by atoms with Crippen molar-refractivity contribution >= 4 is 0 Å². The minimum Gasteiger partial charge on any atom is -0.498 e. The Morgan fingerprint density at radius 2 is 1.20 bits per heavy atom. The Morgan fingerprint density at radius 3 is 1.60 bits per heavy atom. The molecule has 0 spiro atoms. The first-order valence-corrected chi connectivity index (χ1v) is 4.82. The van der Waals surface area contributed by atoms with E-state index in [9.17, 15) is 0 Å². The molecule has 0 atom stereocenters. The summed E-state index contributed by atoms with van der Waals surface area (Å²) >= 11 is 0. The van der Waals surface area contributed by atoms with Crippen molar-refractivity contribution in [2.45, 2.75) is 12.8 Å². The second kappa shape index (κ2) is 12.4. The average Bonchev–Trinajstić information content (AvgIpc) is 2.26. The minimum absolute atomic E-state index is 0.614. The van der Waals surface area contributed by atoms with Crippen LogP contribution < -0.4 is 0 Å². The summed E-state index contributed by atoms with van der Waals surface area (Å²) in [6.45, 7) is 8.37. The van der Waals surface area contributed by atoms with Crippen LogP contribution in [0.25, 0.3) is 0 Å². The molecule has 0 aliphatic carbocycles. The van der Waals surface area contributed by atoms with Crippen LogP contribution in [0.3, 0.4) is 0 Å². The van der Waals surface area contributed by atoms with Crippen LogP contribution in [0.1, 0.15) is 12.8 Å². The Balaban J connectivity index is 3.20. The Bertz CT molecular complexity index is 185. The predicted octanol–water partition coefficient (Wildman–Crippen LogP) is 3.13. The van der Waals surface area contributed by atoms with Crippen molar-refractivity contribution in [2.24, 2.45) is 0 Å². The molecular weight excluding hydrogens is 192 g/mol. The molecule has 3 nitrogen and oxygen atoms in total. The van der Waals surface area contributed by atoms with Crippen LogP contribution in [0.15, 0.2) is 50.4 Å². The highest BCUT2D eigenvalue weighted by Gasteiger charge is 1.78. The smallest absolute Gasteiger partial charge is 0.125 e. The fourth-order valence-corrected chi connectivity index (χ4v) is 0.627. The third-order valence-electron chi connectivity index (χ3n) is 1.34. The average molecular weight is 210 g/mol. The SMILES string of the molecule is C=CCCO/C=C/O/C=C/OCCC=C. The van der Waals surface area contributed by atoms with E-state index in [2.05, 4.69) is 13.2 Å². The Kier molecular flexibility index (Phi) is 11.0. The zero-order valence-corrected chi connectivity index (χ0v) is 8.93. The van der Waals surface area contributed by atoms with Crippen molar-refractivity contribution < 1.29 is 14.2 Å². The van der Waals surface area contributed by atoms with Gasteiger partial charge in [0.2, 0.25) is 0 Å². The van der Waals surface area contributed by atoms with Crippen LogP contribution in [0, 0.1) is 0 Å². The van der Waals surface area contributed by atoms with Gasteiger partial charge in [-0.25, -0.2) is 0 Å². The summed E-state index contributed by atoms with van der Waals surface area (Å²) in [7, 11) is 0. The molecule has 0 N–H and O–H groups in total. The van der Waals surface area contributed by atoms with Crippen LogP contribution >= 0.6 is 0 Å². The summed E-state index contributed by atoms with van der Waals surface area (Å²) in [6, 6.07) is 0. The first-order chi connectivity index (χ1) is 7.41. The van der Waals surface area contributed by atoms with E-state index in [1.807, 2.05) is 0 Å². The lowest BCUT2D eigenvalue weighted by molar-refractivity contribution is 0.227. The number of hydrogen-bond donors (Lipinski definition) is 0. The van der Waals surface area contributed by atoms with Gasteiger partial charge in [-0.15, -0.1) is 13.2 Å². The summed E-state index contributed by atoms with van der Waals surface area (Å²) < 4.78 is 15.0. The molecule has 0 amide bonds. The van der Waals surface area contributed by atoms with Gasteiger partial charge in [0.15, 0.2) is 0 Å². The molecule has 0 rings (SSSR count). The van der Waals surface area contributed by atoms with E-state index in [-0.39, 0.29) is 0 Å². The van der Waals surface area contributed by atoms with Crippen molar-refractivity contribution in [1.29, 1.82) is 0 Å². The molecule has 0 aromatic carbocycles. The van der Waals surface area contributed by atoms with E-state index in [4.69, 9.17) is 14.2 Å². The molecule has 0 unspecified atom stereocenters. The molecule has 3 heteroatoms. The fraction of sp³-hybridized carbons (Fsp3) is 0.333. The van der Waals surface area contributed by atoms with Gasteiger partial charge in [0.05, 0.1) is 13.2 Å². The van der Waals surface area contributed by atoms with Crippen molar-refractivity contribution in [2.75, 3.05) is 13.2 Å². The third-order valence-corrected chi connectivity index (χ3v) is 1.34. The lowest BCUT2D eigenvalue weighted by Crippen LogP contribution is -1.84. The van der Waals surface area contributed by atoms with Gasteiger partial charge in [0.25, 0.3) is 0 Å². The number of hydrogen-bond acceptors (Lipinski definition) is 3. The summed E-state index contributed by atoms with van der Waals surface area (Å²) in [6.07, 6.45) is 11.1. The van der Waals surface area contributed by atoms with Gasteiger partial charge in [-0.2, -0.15) is 0 Å². The number of rotatable bonds is 10. The monoisotopic (exact) mass is 210 g/mol. The molecule has 0 saturated heterocycles. The Morgan fingerprint density at radius 1 is 0.733 bits per heavy atom. The van der Waals surface area contributed by atoms with Crippen LogP contribution in [0.5, 0.6) is 0 Å². The molecule has 0 aliphatic heterocycles. The van der Waals surface area contributed by atoms with Gasteiger partial charge in [0.1, 0.15) is 25.0 Å². The van der Waals surface area contributed by atoms with Crippen LogP contribution in [-0.4, -0.2) is 13.2 Å². The van der Waals surface area contributed by atoms with Gasteiger partial charge in [-0.1, -0.05) is 12.2 Å². The van der Waals surface area contributed by atoms with E-state index in [0.717, 1.165) is 12.8 Å². The lowest BCUT2D eigenvalue weighted by atomic mass is 10.5. The van der Waals surface area contributed by atoms with Crippen molar-refractivity contribution in [3.8, 4) is 0 Å². The fourth-order valence-electron chi connectivity index (χ4n) is 0.627. The molecule has 0 aromatic rings. The lowest BCUT2D eigenvalue weighted by Gasteiger charge is -1.96. The summed E-state index contributed by atoms with van der Waals surface area (Å²) in [5.41, 5.74) is 0. The molecule has 0 aliphatic rings. The van der Waals surface area contributed by atoms with Crippen LogP contribution in [-0.2, 0) is 14.2 Å². The van der Waals surface area contributed by atoms with E-state index in [0.29, 0.717) is 13.2 Å². The van der Waals surface area contributed by atoms with Gasteiger partial charge < -0.3 is 14.2 Å². The highest BCUT2D eigenvalue weighted by Crippen LogP contribution is 1.88. The maximum Gasteiger partial charge on any atom is 0.125 e. The molecule has 0 saturated carbocycles. The number of ether oxygens (including phenoxy) is 3. The first kappa shape index (κ1) is 13.4. The topological polar surface area (TPSA) is 27.7 Å². The van der Waals surface area contributed by atoms with Gasteiger partial charge in [-0.05, 0) is 12.8 Å². The molecule has 84 valence electrons. The van der Waals surface area contributed by atoms with Crippen molar-refractivity contribution in [1.82, 2.24) is 0 Å². The zero-order valence-electron chi connectivity index (χ0n) is 8.93. The summed E-state index contributed by atoms with van der Waals surface area (Å²) in [5, 5.41) is 0. The second-order valence-corrected chi connectivity index (χ2v) is 2.58. The highest BCUT2D eigenvalue weighted by molar-refractivity contribution is 4.72. The maximum absolute atomic E-state index is 5.05. The van der Waals surface area contributed by atoms with Crippen LogP contribution in [0.2, 0.25) is 0 Å². The van der Waals surface area contributed by atoms with Crippen LogP contribution in [0.4, 0.5) is 0 Å². The van der Waals surface area contributed by atoms with E-state index in [1.54, 1.807) is 12.2 Å². The van der Waals surface area contributed by atoms with Gasteiger partial charge in [0, 0.05) is 0 Å². The molecule has 0 heterocycles.